The Labute approximate surface area is 117 Å². The maximum absolute atomic E-state index is 5.44. The minimum absolute atomic E-state index is 0.647. The van der Waals surface area contributed by atoms with Crippen molar-refractivity contribution in [2.45, 2.75) is 13.5 Å². The molecular formula is C15H16N4O. The fraction of sp³-hybridized carbons (Fsp3) is 0.200. The van der Waals surface area contributed by atoms with E-state index in [9.17, 15) is 0 Å². The fourth-order valence-electron chi connectivity index (χ4n) is 2.12. The summed E-state index contributed by atoms with van der Waals surface area (Å²) in [4.78, 5) is 0. The van der Waals surface area contributed by atoms with E-state index in [0.29, 0.717) is 6.54 Å². The Bertz CT molecular complexity index is 714. The lowest BCUT2D eigenvalue weighted by Crippen LogP contribution is -2.02. The average molecular weight is 268 g/mol. The van der Waals surface area contributed by atoms with Crippen LogP contribution < -0.4 is 5.32 Å². The van der Waals surface area contributed by atoms with Crippen LogP contribution in [0.2, 0.25) is 0 Å². The monoisotopic (exact) mass is 268 g/mol. The Morgan fingerprint density at radius 2 is 2.10 bits per heavy atom. The van der Waals surface area contributed by atoms with E-state index in [2.05, 4.69) is 15.5 Å². The van der Waals surface area contributed by atoms with Crippen molar-refractivity contribution < 1.29 is 4.42 Å². The SMILES string of the molecule is Cc1ccoc1CNc1ccccc1-c1nncn1C. The number of furan rings is 1. The Hall–Kier alpha value is -2.56. The largest absolute Gasteiger partial charge is 0.467 e. The van der Waals surface area contributed by atoms with Gasteiger partial charge in [0.05, 0.1) is 12.8 Å². The zero-order valence-corrected chi connectivity index (χ0v) is 11.5. The minimum Gasteiger partial charge on any atom is -0.467 e. The van der Waals surface area contributed by atoms with Gasteiger partial charge in [-0.25, -0.2) is 0 Å². The van der Waals surface area contributed by atoms with Crippen molar-refractivity contribution in [2.75, 3.05) is 5.32 Å². The normalized spacial score (nSPS) is 10.7. The smallest absolute Gasteiger partial charge is 0.165 e. The molecule has 0 fully saturated rings. The summed E-state index contributed by atoms with van der Waals surface area (Å²) >= 11 is 0. The zero-order chi connectivity index (χ0) is 13.9. The van der Waals surface area contributed by atoms with E-state index in [0.717, 1.165) is 28.4 Å². The van der Waals surface area contributed by atoms with Gasteiger partial charge < -0.3 is 14.3 Å². The van der Waals surface area contributed by atoms with E-state index in [1.807, 2.05) is 48.9 Å². The Morgan fingerprint density at radius 3 is 2.80 bits per heavy atom. The van der Waals surface area contributed by atoms with Crippen LogP contribution in [0.5, 0.6) is 0 Å². The van der Waals surface area contributed by atoms with Crippen molar-refractivity contribution in [2.24, 2.45) is 7.05 Å². The highest BCUT2D eigenvalue weighted by Crippen LogP contribution is 2.26. The highest BCUT2D eigenvalue weighted by atomic mass is 16.3. The van der Waals surface area contributed by atoms with Crippen LogP contribution >= 0.6 is 0 Å². The van der Waals surface area contributed by atoms with Crippen LogP contribution in [-0.2, 0) is 13.6 Å². The van der Waals surface area contributed by atoms with Crippen LogP contribution in [0.4, 0.5) is 5.69 Å². The summed E-state index contributed by atoms with van der Waals surface area (Å²) in [6.45, 7) is 2.68. The number of nitrogens with one attached hydrogen (secondary N) is 1. The van der Waals surface area contributed by atoms with Crippen molar-refractivity contribution in [3.63, 3.8) is 0 Å². The maximum atomic E-state index is 5.44. The van der Waals surface area contributed by atoms with Crippen LogP contribution in [0.3, 0.4) is 0 Å². The minimum atomic E-state index is 0.647. The van der Waals surface area contributed by atoms with Crippen molar-refractivity contribution in [1.29, 1.82) is 0 Å². The third-order valence-electron chi connectivity index (χ3n) is 3.29. The number of anilines is 1. The molecule has 0 aliphatic carbocycles. The number of rotatable bonds is 4. The summed E-state index contributed by atoms with van der Waals surface area (Å²) in [5.74, 6) is 1.78. The molecule has 2 aromatic heterocycles. The number of nitrogens with zero attached hydrogens (tertiary/aromatic N) is 3. The van der Waals surface area contributed by atoms with E-state index in [1.54, 1.807) is 12.6 Å². The number of aryl methyl sites for hydroxylation is 2. The molecule has 0 aliphatic heterocycles. The van der Waals surface area contributed by atoms with Gasteiger partial charge in [0.1, 0.15) is 12.1 Å². The van der Waals surface area contributed by atoms with Gasteiger partial charge in [0.25, 0.3) is 0 Å². The molecule has 0 unspecified atom stereocenters. The van der Waals surface area contributed by atoms with Crippen LogP contribution in [0.15, 0.2) is 47.3 Å². The molecule has 20 heavy (non-hydrogen) atoms. The first kappa shape index (κ1) is 12.5. The maximum Gasteiger partial charge on any atom is 0.165 e. The van der Waals surface area contributed by atoms with E-state index in [1.165, 1.54) is 0 Å². The highest BCUT2D eigenvalue weighted by Gasteiger charge is 2.10. The van der Waals surface area contributed by atoms with Gasteiger partial charge in [-0.3, -0.25) is 0 Å². The second kappa shape index (κ2) is 5.21. The third kappa shape index (κ3) is 2.30. The number of para-hydroxylation sites is 1. The summed E-state index contributed by atoms with van der Waals surface area (Å²) in [5, 5.41) is 11.5. The second-order valence-electron chi connectivity index (χ2n) is 4.69. The fourth-order valence-corrected chi connectivity index (χ4v) is 2.12. The van der Waals surface area contributed by atoms with Crippen molar-refractivity contribution >= 4 is 5.69 Å². The summed E-state index contributed by atoms with van der Waals surface area (Å²) < 4.78 is 7.35. The second-order valence-corrected chi connectivity index (χ2v) is 4.69. The van der Waals surface area contributed by atoms with Crippen LogP contribution in [0, 0.1) is 6.92 Å². The molecule has 0 amide bonds. The molecule has 2 heterocycles. The molecule has 5 heteroatoms. The Kier molecular flexibility index (Phi) is 3.25. The average Bonchev–Trinajstić information content (AvgIpc) is 3.06. The van der Waals surface area contributed by atoms with E-state index in [4.69, 9.17) is 4.42 Å². The summed E-state index contributed by atoms with van der Waals surface area (Å²) in [6, 6.07) is 10.0. The molecule has 1 N–H and O–H groups in total. The Morgan fingerprint density at radius 1 is 1.25 bits per heavy atom. The van der Waals surface area contributed by atoms with Gasteiger partial charge in [-0.2, -0.15) is 0 Å². The van der Waals surface area contributed by atoms with Crippen molar-refractivity contribution in [1.82, 2.24) is 14.8 Å². The number of hydrogen-bond donors (Lipinski definition) is 1. The molecule has 0 saturated heterocycles. The number of benzene rings is 1. The summed E-state index contributed by atoms with van der Waals surface area (Å²) in [5.41, 5.74) is 3.18. The molecule has 0 radical (unpaired) electrons. The lowest BCUT2D eigenvalue weighted by molar-refractivity contribution is 0.515. The molecule has 0 saturated carbocycles. The van der Waals surface area contributed by atoms with Gasteiger partial charge in [-0.05, 0) is 30.7 Å². The first-order valence-corrected chi connectivity index (χ1v) is 6.46. The van der Waals surface area contributed by atoms with E-state index in [-0.39, 0.29) is 0 Å². The predicted molar refractivity (Wildman–Crippen MR) is 77.2 cm³/mol. The van der Waals surface area contributed by atoms with Crippen molar-refractivity contribution in [3.8, 4) is 11.4 Å². The van der Waals surface area contributed by atoms with Gasteiger partial charge in [-0.1, -0.05) is 12.1 Å². The van der Waals surface area contributed by atoms with Gasteiger partial charge in [-0.15, -0.1) is 10.2 Å². The van der Waals surface area contributed by atoms with E-state index >= 15 is 0 Å². The first-order chi connectivity index (χ1) is 9.75. The molecule has 3 aromatic rings. The molecule has 0 aliphatic rings. The van der Waals surface area contributed by atoms with Crippen LogP contribution in [0.25, 0.3) is 11.4 Å². The summed E-state index contributed by atoms with van der Waals surface area (Å²) in [7, 11) is 1.93. The Balaban J connectivity index is 1.87. The molecular weight excluding hydrogens is 252 g/mol. The topological polar surface area (TPSA) is 55.9 Å². The molecule has 0 atom stereocenters. The molecule has 0 spiro atoms. The molecule has 0 bridgehead atoms. The van der Waals surface area contributed by atoms with Gasteiger partial charge in [0.2, 0.25) is 0 Å². The van der Waals surface area contributed by atoms with Gasteiger partial charge in [0.15, 0.2) is 5.82 Å². The third-order valence-corrected chi connectivity index (χ3v) is 3.29. The van der Waals surface area contributed by atoms with Gasteiger partial charge in [0, 0.05) is 18.3 Å². The van der Waals surface area contributed by atoms with Gasteiger partial charge >= 0.3 is 0 Å². The molecule has 102 valence electrons. The quantitative estimate of drug-likeness (QED) is 0.790. The predicted octanol–water partition coefficient (Wildman–Crippen LogP) is 3.00. The summed E-state index contributed by atoms with van der Waals surface area (Å²) in [6.07, 6.45) is 3.41. The first-order valence-electron chi connectivity index (χ1n) is 6.46. The van der Waals surface area contributed by atoms with E-state index < -0.39 is 0 Å². The standard InChI is InChI=1S/C15H16N4O/c1-11-7-8-20-14(11)9-16-13-6-4-3-5-12(13)15-18-17-10-19(15)2/h3-8,10,16H,9H2,1-2H3. The molecule has 5 nitrogen and oxygen atoms in total. The zero-order valence-electron chi connectivity index (χ0n) is 11.5. The van der Waals surface area contributed by atoms with Crippen molar-refractivity contribution in [3.05, 3.63) is 54.2 Å². The lowest BCUT2D eigenvalue weighted by Gasteiger charge is -2.10. The number of aromatic nitrogens is 3. The molecule has 1 aromatic carbocycles. The van der Waals surface area contributed by atoms with Crippen LogP contribution in [-0.4, -0.2) is 14.8 Å². The highest BCUT2D eigenvalue weighted by molar-refractivity contribution is 5.73. The number of hydrogen-bond acceptors (Lipinski definition) is 4. The molecule has 3 rings (SSSR count). The lowest BCUT2D eigenvalue weighted by atomic mass is 10.1. The van der Waals surface area contributed by atoms with Crippen LogP contribution in [0.1, 0.15) is 11.3 Å².